The zero-order valence-electron chi connectivity index (χ0n) is 15.1. The Kier molecular flexibility index (Phi) is 5.34. The largest absolute Gasteiger partial charge is 0.394 e. The predicted octanol–water partition coefficient (Wildman–Crippen LogP) is 3.61. The van der Waals surface area contributed by atoms with Crippen LogP contribution in [0.15, 0.2) is 42.6 Å². The monoisotopic (exact) mass is 338 g/mol. The Bertz CT molecular complexity index is 828. The Hall–Kier alpha value is -2.40. The van der Waals surface area contributed by atoms with Crippen LogP contribution in [0, 0.1) is 12.8 Å². The highest BCUT2D eigenvalue weighted by atomic mass is 16.3. The van der Waals surface area contributed by atoms with Gasteiger partial charge >= 0.3 is 0 Å². The van der Waals surface area contributed by atoms with E-state index in [9.17, 15) is 5.11 Å². The molecule has 2 atom stereocenters. The molecule has 2 heterocycles. The third-order valence-electron chi connectivity index (χ3n) is 4.77. The van der Waals surface area contributed by atoms with Gasteiger partial charge in [0.25, 0.3) is 0 Å². The molecule has 0 bridgehead atoms. The molecule has 0 amide bonds. The Labute approximate surface area is 148 Å². The second-order valence-electron chi connectivity index (χ2n) is 6.60. The van der Waals surface area contributed by atoms with Gasteiger partial charge in [-0.15, -0.1) is 0 Å². The lowest BCUT2D eigenvalue weighted by molar-refractivity contribution is 0.241. The molecule has 0 fully saturated rings. The van der Waals surface area contributed by atoms with Crippen molar-refractivity contribution >= 4 is 16.9 Å². The van der Waals surface area contributed by atoms with Crippen LogP contribution in [-0.4, -0.2) is 32.3 Å². The third-order valence-corrected chi connectivity index (χ3v) is 4.77. The molecule has 0 radical (unpaired) electrons. The smallest absolute Gasteiger partial charge is 0.154 e. The first-order valence-electron chi connectivity index (χ1n) is 8.87. The van der Waals surface area contributed by atoms with Crippen LogP contribution in [0.2, 0.25) is 0 Å². The SMILES string of the molecule is CC[C@H](C)[C@@H](CO)Nc1nc(C)nc2ccn(Cc3ccccc3)c12. The lowest BCUT2D eigenvalue weighted by Crippen LogP contribution is -2.31. The number of nitrogens with one attached hydrogen (secondary N) is 1. The highest BCUT2D eigenvalue weighted by Gasteiger charge is 2.18. The molecular weight excluding hydrogens is 312 g/mol. The maximum atomic E-state index is 9.77. The summed E-state index contributed by atoms with van der Waals surface area (Å²) in [4.78, 5) is 9.19. The van der Waals surface area contributed by atoms with Gasteiger partial charge in [-0.3, -0.25) is 0 Å². The van der Waals surface area contributed by atoms with Crippen molar-refractivity contribution in [1.29, 1.82) is 0 Å². The molecule has 0 saturated heterocycles. The van der Waals surface area contributed by atoms with Crippen molar-refractivity contribution in [1.82, 2.24) is 14.5 Å². The van der Waals surface area contributed by atoms with Gasteiger partial charge in [-0.1, -0.05) is 50.6 Å². The molecular formula is C20H26N4O. The molecule has 3 rings (SSSR count). The first kappa shape index (κ1) is 17.4. The average molecular weight is 338 g/mol. The summed E-state index contributed by atoms with van der Waals surface area (Å²) in [6.45, 7) is 7.02. The molecule has 3 aromatic rings. The van der Waals surface area contributed by atoms with Crippen LogP contribution in [0.5, 0.6) is 0 Å². The molecule has 5 nitrogen and oxygen atoms in total. The summed E-state index contributed by atoms with van der Waals surface area (Å²) in [6, 6.07) is 12.3. The van der Waals surface area contributed by atoms with E-state index in [0.717, 1.165) is 35.6 Å². The number of aliphatic hydroxyl groups excluding tert-OH is 1. The molecule has 5 heteroatoms. The molecule has 2 aromatic heterocycles. The van der Waals surface area contributed by atoms with Crippen molar-refractivity contribution in [3.8, 4) is 0 Å². The number of benzene rings is 1. The summed E-state index contributed by atoms with van der Waals surface area (Å²) >= 11 is 0. The fraction of sp³-hybridized carbons (Fsp3) is 0.400. The van der Waals surface area contributed by atoms with Crippen molar-refractivity contribution in [3.63, 3.8) is 0 Å². The number of rotatable bonds is 7. The number of fused-ring (bicyclic) bond motifs is 1. The Morgan fingerprint density at radius 1 is 1.16 bits per heavy atom. The zero-order valence-corrected chi connectivity index (χ0v) is 15.1. The van der Waals surface area contributed by atoms with Crippen LogP contribution in [0.1, 0.15) is 31.7 Å². The second-order valence-corrected chi connectivity index (χ2v) is 6.60. The molecule has 0 spiro atoms. The van der Waals surface area contributed by atoms with Gasteiger partial charge < -0.3 is 15.0 Å². The van der Waals surface area contributed by atoms with E-state index in [2.05, 4.69) is 45.8 Å². The lowest BCUT2D eigenvalue weighted by atomic mass is 10.00. The van der Waals surface area contributed by atoms with Crippen molar-refractivity contribution in [2.45, 2.75) is 39.8 Å². The van der Waals surface area contributed by atoms with Crippen LogP contribution < -0.4 is 5.32 Å². The highest BCUT2D eigenvalue weighted by Crippen LogP contribution is 2.25. The molecule has 0 aliphatic carbocycles. The van der Waals surface area contributed by atoms with E-state index in [4.69, 9.17) is 0 Å². The molecule has 0 aliphatic heterocycles. The first-order valence-corrected chi connectivity index (χ1v) is 8.87. The zero-order chi connectivity index (χ0) is 17.8. The molecule has 25 heavy (non-hydrogen) atoms. The lowest BCUT2D eigenvalue weighted by Gasteiger charge is -2.23. The summed E-state index contributed by atoms with van der Waals surface area (Å²) in [5.41, 5.74) is 3.13. The van der Waals surface area contributed by atoms with E-state index >= 15 is 0 Å². The minimum absolute atomic E-state index is 0.0254. The van der Waals surface area contributed by atoms with E-state index in [1.807, 2.05) is 37.4 Å². The van der Waals surface area contributed by atoms with Crippen molar-refractivity contribution in [3.05, 3.63) is 54.0 Å². The Morgan fingerprint density at radius 2 is 1.92 bits per heavy atom. The summed E-state index contributed by atoms with van der Waals surface area (Å²) in [7, 11) is 0. The number of hydrogen-bond acceptors (Lipinski definition) is 4. The van der Waals surface area contributed by atoms with Crippen molar-refractivity contribution < 1.29 is 5.11 Å². The van der Waals surface area contributed by atoms with Crippen LogP contribution >= 0.6 is 0 Å². The summed E-state index contributed by atoms with van der Waals surface area (Å²) in [5.74, 6) is 1.88. The third kappa shape index (κ3) is 3.82. The minimum Gasteiger partial charge on any atom is -0.394 e. The van der Waals surface area contributed by atoms with Gasteiger partial charge in [-0.2, -0.15) is 0 Å². The average Bonchev–Trinajstić information content (AvgIpc) is 3.02. The number of aliphatic hydroxyl groups is 1. The van der Waals surface area contributed by atoms with Gasteiger partial charge in [0.2, 0.25) is 0 Å². The van der Waals surface area contributed by atoms with Crippen LogP contribution in [0.3, 0.4) is 0 Å². The Morgan fingerprint density at radius 3 is 2.60 bits per heavy atom. The fourth-order valence-electron chi connectivity index (χ4n) is 3.06. The standard InChI is InChI=1S/C20H26N4O/c1-4-14(2)18(13-25)23-20-19-17(21-15(3)22-20)10-11-24(19)12-16-8-6-5-7-9-16/h5-11,14,18,25H,4,12-13H2,1-3H3,(H,21,22,23)/t14-,18+/m0/s1. The number of anilines is 1. The maximum absolute atomic E-state index is 9.77. The molecule has 132 valence electrons. The van der Waals surface area contributed by atoms with E-state index in [0.29, 0.717) is 5.92 Å². The Balaban J connectivity index is 2.00. The topological polar surface area (TPSA) is 63.0 Å². The number of hydrogen-bond donors (Lipinski definition) is 2. The van der Waals surface area contributed by atoms with Gasteiger partial charge in [0.15, 0.2) is 5.82 Å². The van der Waals surface area contributed by atoms with E-state index in [1.54, 1.807) is 0 Å². The minimum atomic E-state index is -0.0254. The van der Waals surface area contributed by atoms with E-state index in [1.165, 1.54) is 5.56 Å². The second kappa shape index (κ2) is 7.66. The van der Waals surface area contributed by atoms with Crippen molar-refractivity contribution in [2.75, 3.05) is 11.9 Å². The normalized spacial score (nSPS) is 13.8. The van der Waals surface area contributed by atoms with E-state index < -0.39 is 0 Å². The van der Waals surface area contributed by atoms with Crippen molar-refractivity contribution in [2.24, 2.45) is 5.92 Å². The quantitative estimate of drug-likeness (QED) is 0.691. The molecule has 0 saturated carbocycles. The first-order chi connectivity index (χ1) is 12.1. The fourth-order valence-corrected chi connectivity index (χ4v) is 3.06. The van der Waals surface area contributed by atoms with Crippen LogP contribution in [0.25, 0.3) is 11.0 Å². The molecule has 0 unspecified atom stereocenters. The summed E-state index contributed by atoms with van der Waals surface area (Å²) in [6.07, 6.45) is 3.05. The maximum Gasteiger partial charge on any atom is 0.154 e. The summed E-state index contributed by atoms with van der Waals surface area (Å²) in [5, 5.41) is 13.2. The number of aromatic nitrogens is 3. The van der Waals surface area contributed by atoms with Gasteiger partial charge in [0.1, 0.15) is 11.3 Å². The highest BCUT2D eigenvalue weighted by molar-refractivity contribution is 5.86. The number of nitrogens with zero attached hydrogens (tertiary/aromatic N) is 3. The molecule has 1 aromatic carbocycles. The van der Waals surface area contributed by atoms with Crippen LogP contribution in [0.4, 0.5) is 5.82 Å². The molecule has 2 N–H and O–H groups in total. The van der Waals surface area contributed by atoms with Gasteiger partial charge in [-0.05, 0) is 24.5 Å². The van der Waals surface area contributed by atoms with Gasteiger partial charge in [0.05, 0.1) is 18.2 Å². The predicted molar refractivity (Wildman–Crippen MR) is 102 cm³/mol. The summed E-state index contributed by atoms with van der Waals surface area (Å²) < 4.78 is 2.16. The van der Waals surface area contributed by atoms with E-state index in [-0.39, 0.29) is 12.6 Å². The number of aryl methyl sites for hydroxylation is 1. The van der Waals surface area contributed by atoms with Crippen LogP contribution in [-0.2, 0) is 6.54 Å². The van der Waals surface area contributed by atoms with Gasteiger partial charge in [-0.25, -0.2) is 9.97 Å². The molecule has 0 aliphatic rings. The van der Waals surface area contributed by atoms with Gasteiger partial charge in [0, 0.05) is 12.7 Å².